The molecule has 4 N–H and O–H groups in total. The number of nitrogens with zero attached hydrogens (tertiary/aromatic N) is 4. The van der Waals surface area contributed by atoms with Gasteiger partial charge < -0.3 is 16.2 Å². The lowest BCUT2D eigenvalue weighted by atomic mass is 10.2. The number of aryl methyl sites for hydroxylation is 1. The first kappa shape index (κ1) is 20.6. The van der Waals surface area contributed by atoms with E-state index < -0.39 is 5.97 Å². The number of hydrogen-bond donors (Lipinski definition) is 2. The number of carbonyl (C=O) groups excluding carboxylic acids is 1. The predicted molar refractivity (Wildman–Crippen MR) is 118 cm³/mol. The van der Waals surface area contributed by atoms with E-state index in [0.29, 0.717) is 13.1 Å². The van der Waals surface area contributed by atoms with E-state index >= 15 is 0 Å². The van der Waals surface area contributed by atoms with E-state index in [1.54, 1.807) is 0 Å². The summed E-state index contributed by atoms with van der Waals surface area (Å²) < 4.78 is 9.84. The van der Waals surface area contributed by atoms with Crippen molar-refractivity contribution < 1.29 is 14.1 Å². The third-order valence-corrected chi connectivity index (χ3v) is 5.29. The van der Waals surface area contributed by atoms with Gasteiger partial charge in [0.05, 0.1) is 6.54 Å². The largest absolute Gasteiger partial charge is 0.448 e. The molecule has 4 rings (SSSR count). The number of halogens is 1. The molecular formula is C22H22ClN6O2+. The summed E-state index contributed by atoms with van der Waals surface area (Å²) in [5.74, 6) is -0.0392. The maximum Gasteiger partial charge on any atom is 0.361 e. The molecule has 0 atom stereocenters. The molecule has 0 aliphatic rings. The molecule has 2 heterocycles. The first-order chi connectivity index (χ1) is 15.0. The minimum atomic E-state index is -0.717. The lowest BCUT2D eigenvalue weighted by molar-refractivity contribution is -0.673. The van der Waals surface area contributed by atoms with E-state index in [1.165, 1.54) is 0 Å². The zero-order valence-corrected chi connectivity index (χ0v) is 17.7. The average Bonchev–Trinajstić information content (AvgIpc) is 3.07. The number of hydrogen-bond acceptors (Lipinski definition) is 6. The van der Waals surface area contributed by atoms with E-state index in [2.05, 4.69) is 43.4 Å². The Balaban J connectivity index is 1.70. The highest BCUT2D eigenvalue weighted by Gasteiger charge is 2.26. The van der Waals surface area contributed by atoms with E-state index in [4.69, 9.17) is 27.8 Å². The van der Waals surface area contributed by atoms with Gasteiger partial charge in [-0.25, -0.2) is 23.9 Å². The Labute approximate surface area is 184 Å². The SMILES string of the molecule is CCn1c(COC(=O)c2nc(Cl)c(N)nc2N)[n+](Cc2ccccc2)c2ccccc21. The van der Waals surface area contributed by atoms with Crippen LogP contribution in [0.3, 0.4) is 0 Å². The summed E-state index contributed by atoms with van der Waals surface area (Å²) >= 11 is 5.89. The summed E-state index contributed by atoms with van der Waals surface area (Å²) in [4.78, 5) is 20.4. The lowest BCUT2D eigenvalue weighted by Gasteiger charge is -2.08. The number of carbonyl (C=O) groups is 1. The Morgan fingerprint density at radius 2 is 1.77 bits per heavy atom. The van der Waals surface area contributed by atoms with Crippen LogP contribution in [0.2, 0.25) is 5.15 Å². The number of rotatable bonds is 6. The molecule has 0 saturated heterocycles. The second-order valence-corrected chi connectivity index (χ2v) is 7.29. The van der Waals surface area contributed by atoms with Gasteiger partial charge in [-0.05, 0) is 24.6 Å². The predicted octanol–water partition coefficient (Wildman–Crippen LogP) is 2.96. The highest BCUT2D eigenvalue weighted by molar-refractivity contribution is 6.31. The van der Waals surface area contributed by atoms with E-state index in [1.807, 2.05) is 37.3 Å². The van der Waals surface area contributed by atoms with Gasteiger partial charge in [-0.3, -0.25) is 0 Å². The normalized spacial score (nSPS) is 11.0. The third-order valence-electron chi connectivity index (χ3n) is 5.02. The van der Waals surface area contributed by atoms with Gasteiger partial charge in [-0.2, -0.15) is 0 Å². The number of nitrogens with two attached hydrogens (primary N) is 2. The molecule has 0 aliphatic carbocycles. The van der Waals surface area contributed by atoms with Gasteiger partial charge in [-0.1, -0.05) is 54.1 Å². The molecule has 0 radical (unpaired) electrons. The number of benzene rings is 2. The molecule has 0 amide bonds. The van der Waals surface area contributed by atoms with Crippen LogP contribution in [0.15, 0.2) is 54.6 Å². The van der Waals surface area contributed by atoms with Gasteiger partial charge in [0.1, 0.15) is 6.54 Å². The summed E-state index contributed by atoms with van der Waals surface area (Å²) in [5.41, 5.74) is 14.5. The van der Waals surface area contributed by atoms with Crippen LogP contribution >= 0.6 is 11.6 Å². The molecule has 31 heavy (non-hydrogen) atoms. The van der Waals surface area contributed by atoms with Crippen LogP contribution in [0.1, 0.15) is 28.8 Å². The van der Waals surface area contributed by atoms with Crippen LogP contribution in [0, 0.1) is 0 Å². The van der Waals surface area contributed by atoms with Crippen LogP contribution < -0.4 is 16.0 Å². The molecule has 0 aliphatic heterocycles. The molecule has 0 spiro atoms. The van der Waals surface area contributed by atoms with Crippen molar-refractivity contribution in [3.8, 4) is 0 Å². The number of aromatic nitrogens is 4. The molecule has 8 nitrogen and oxygen atoms in total. The van der Waals surface area contributed by atoms with Gasteiger partial charge in [-0.15, -0.1) is 0 Å². The molecule has 4 aromatic rings. The minimum Gasteiger partial charge on any atom is -0.448 e. The fraction of sp³-hybridized carbons (Fsp3) is 0.182. The zero-order chi connectivity index (χ0) is 22.0. The van der Waals surface area contributed by atoms with Crippen molar-refractivity contribution in [1.82, 2.24) is 14.5 Å². The standard InChI is InChI=1S/C22H21ClN6O2/c1-2-28-15-10-6-7-11-16(15)29(12-14-8-4-3-5-9-14)17(28)13-31-22(30)18-20(24)27-21(25)19(23)26-18/h3-11H,2,12-13H2,1H3,(H3-,24,25,27,30)/p+1. The van der Waals surface area contributed by atoms with Crippen molar-refractivity contribution in [3.63, 3.8) is 0 Å². The average molecular weight is 438 g/mol. The topological polar surface area (TPSA) is 113 Å². The van der Waals surface area contributed by atoms with Gasteiger partial charge in [0.25, 0.3) is 5.82 Å². The maximum absolute atomic E-state index is 12.7. The van der Waals surface area contributed by atoms with Crippen LogP contribution in [0.4, 0.5) is 11.6 Å². The Bertz CT molecular complexity index is 1260. The summed E-state index contributed by atoms with van der Waals surface area (Å²) in [6.45, 7) is 3.42. The van der Waals surface area contributed by atoms with Crippen molar-refractivity contribution in [2.45, 2.75) is 26.6 Å². The first-order valence-corrected chi connectivity index (χ1v) is 10.2. The molecule has 158 valence electrons. The zero-order valence-electron chi connectivity index (χ0n) is 17.0. The second-order valence-electron chi connectivity index (χ2n) is 6.93. The number of para-hydroxylation sites is 2. The van der Waals surface area contributed by atoms with Crippen LogP contribution in [0.25, 0.3) is 11.0 Å². The van der Waals surface area contributed by atoms with Crippen molar-refractivity contribution in [2.24, 2.45) is 0 Å². The van der Waals surface area contributed by atoms with Crippen LogP contribution in [-0.4, -0.2) is 20.5 Å². The van der Waals surface area contributed by atoms with Gasteiger partial charge in [0.2, 0.25) is 0 Å². The lowest BCUT2D eigenvalue weighted by Crippen LogP contribution is -2.39. The molecule has 2 aromatic heterocycles. The fourth-order valence-corrected chi connectivity index (χ4v) is 3.71. The van der Waals surface area contributed by atoms with Crippen molar-refractivity contribution in [1.29, 1.82) is 0 Å². The quantitative estimate of drug-likeness (QED) is 0.354. The van der Waals surface area contributed by atoms with E-state index in [0.717, 1.165) is 22.4 Å². The number of ether oxygens (including phenoxy) is 1. The smallest absolute Gasteiger partial charge is 0.361 e. The molecule has 2 aromatic carbocycles. The van der Waals surface area contributed by atoms with E-state index in [9.17, 15) is 4.79 Å². The Hall–Kier alpha value is -3.65. The summed E-state index contributed by atoms with van der Waals surface area (Å²) in [5, 5.41) is -0.0945. The molecule has 9 heteroatoms. The summed E-state index contributed by atoms with van der Waals surface area (Å²) in [7, 11) is 0. The van der Waals surface area contributed by atoms with Crippen LogP contribution in [0.5, 0.6) is 0 Å². The van der Waals surface area contributed by atoms with E-state index in [-0.39, 0.29) is 29.1 Å². The number of fused-ring (bicyclic) bond motifs is 1. The number of imidazole rings is 1. The molecule has 0 fully saturated rings. The molecule has 0 saturated carbocycles. The minimum absolute atomic E-state index is 0.0251. The van der Waals surface area contributed by atoms with Crippen molar-refractivity contribution in [2.75, 3.05) is 11.5 Å². The number of anilines is 2. The Morgan fingerprint density at radius 3 is 2.52 bits per heavy atom. The van der Waals surface area contributed by atoms with Gasteiger partial charge >= 0.3 is 5.97 Å². The number of esters is 1. The highest BCUT2D eigenvalue weighted by atomic mass is 35.5. The summed E-state index contributed by atoms with van der Waals surface area (Å²) in [6.07, 6.45) is 0. The first-order valence-electron chi connectivity index (χ1n) is 9.79. The second kappa shape index (κ2) is 8.61. The van der Waals surface area contributed by atoms with Gasteiger partial charge in [0.15, 0.2) is 40.1 Å². The fourth-order valence-electron chi connectivity index (χ4n) is 3.59. The maximum atomic E-state index is 12.7. The van der Waals surface area contributed by atoms with Crippen molar-refractivity contribution in [3.05, 3.63) is 76.8 Å². The van der Waals surface area contributed by atoms with Crippen molar-refractivity contribution >= 4 is 40.2 Å². The number of nitrogen functional groups attached to an aromatic ring is 2. The monoisotopic (exact) mass is 437 g/mol. The Kier molecular flexibility index (Phi) is 5.73. The highest BCUT2D eigenvalue weighted by Crippen LogP contribution is 2.20. The van der Waals surface area contributed by atoms with Gasteiger partial charge in [0, 0.05) is 0 Å². The van der Waals surface area contributed by atoms with Crippen LogP contribution in [-0.2, 0) is 24.4 Å². The summed E-state index contributed by atoms with van der Waals surface area (Å²) in [6, 6.07) is 18.2. The molecule has 0 bridgehead atoms. The Morgan fingerprint density at radius 1 is 1.06 bits per heavy atom. The molecule has 0 unspecified atom stereocenters. The molecular weight excluding hydrogens is 416 g/mol. The third kappa shape index (κ3) is 4.02.